The molecule has 0 spiro atoms. The molecule has 0 atom stereocenters. The van der Waals surface area contributed by atoms with Gasteiger partial charge in [0.05, 0.1) is 6.54 Å². The third kappa shape index (κ3) is 2.81. The van der Waals surface area contributed by atoms with Crippen LogP contribution in [0.3, 0.4) is 0 Å². The van der Waals surface area contributed by atoms with E-state index in [4.69, 9.17) is 11.6 Å². The van der Waals surface area contributed by atoms with Gasteiger partial charge in [0.15, 0.2) is 5.15 Å². The summed E-state index contributed by atoms with van der Waals surface area (Å²) in [7, 11) is 0. The first-order valence-corrected chi connectivity index (χ1v) is 8.41. The number of hydrogen-bond donors (Lipinski definition) is 1. The molecule has 0 bridgehead atoms. The monoisotopic (exact) mass is 354 g/mol. The number of halogens is 1. The zero-order valence-corrected chi connectivity index (χ0v) is 13.9. The van der Waals surface area contributed by atoms with Crippen LogP contribution in [0.15, 0.2) is 47.7 Å². The summed E-state index contributed by atoms with van der Waals surface area (Å²) in [6.45, 7) is 0.693. The molecule has 0 saturated carbocycles. The highest BCUT2D eigenvalue weighted by molar-refractivity contribution is 7.17. The van der Waals surface area contributed by atoms with Crippen LogP contribution in [0.25, 0.3) is 10.6 Å². The number of nitrogens with zero attached hydrogens (tertiary/aromatic N) is 3. The lowest BCUT2D eigenvalue weighted by Crippen LogP contribution is -2.11. The SMILES string of the molecule is O=C(Nc1ccc2c(c1)C=NC2)c1sc(-c2cccnc2)nc1Cl. The number of anilines is 1. The summed E-state index contributed by atoms with van der Waals surface area (Å²) in [5.41, 5.74) is 3.72. The molecule has 7 heteroatoms. The molecule has 0 unspecified atom stereocenters. The molecule has 3 aromatic rings. The van der Waals surface area contributed by atoms with E-state index in [0.29, 0.717) is 22.1 Å². The summed E-state index contributed by atoms with van der Waals surface area (Å²) < 4.78 is 0. The van der Waals surface area contributed by atoms with Gasteiger partial charge in [0, 0.05) is 29.9 Å². The number of thiazole rings is 1. The van der Waals surface area contributed by atoms with Gasteiger partial charge in [0.1, 0.15) is 9.88 Å². The number of aromatic nitrogens is 2. The Morgan fingerprint density at radius 2 is 2.21 bits per heavy atom. The van der Waals surface area contributed by atoms with Crippen LogP contribution in [0.2, 0.25) is 5.15 Å². The van der Waals surface area contributed by atoms with Crippen LogP contribution >= 0.6 is 22.9 Å². The van der Waals surface area contributed by atoms with E-state index in [0.717, 1.165) is 16.7 Å². The van der Waals surface area contributed by atoms with Crippen molar-refractivity contribution in [1.82, 2.24) is 9.97 Å². The van der Waals surface area contributed by atoms with Gasteiger partial charge < -0.3 is 5.32 Å². The predicted molar refractivity (Wildman–Crippen MR) is 96.0 cm³/mol. The Kier molecular flexibility index (Phi) is 3.84. The van der Waals surface area contributed by atoms with Crippen molar-refractivity contribution in [3.8, 4) is 10.6 Å². The maximum Gasteiger partial charge on any atom is 0.268 e. The molecular formula is C17H11ClN4OS. The minimum atomic E-state index is -0.275. The Labute approximate surface area is 147 Å². The molecule has 0 saturated heterocycles. The lowest BCUT2D eigenvalue weighted by molar-refractivity contribution is 0.103. The van der Waals surface area contributed by atoms with Crippen molar-refractivity contribution < 1.29 is 4.79 Å². The molecular weight excluding hydrogens is 344 g/mol. The van der Waals surface area contributed by atoms with Crippen LogP contribution in [0.5, 0.6) is 0 Å². The van der Waals surface area contributed by atoms with Crippen molar-refractivity contribution in [2.45, 2.75) is 6.54 Å². The third-order valence-electron chi connectivity index (χ3n) is 3.60. The Balaban J connectivity index is 1.59. The molecule has 24 heavy (non-hydrogen) atoms. The fourth-order valence-electron chi connectivity index (χ4n) is 2.42. The second-order valence-corrected chi connectivity index (χ2v) is 6.58. The number of aliphatic imine (C=N–C) groups is 1. The van der Waals surface area contributed by atoms with Crippen LogP contribution in [0.1, 0.15) is 20.8 Å². The molecule has 0 aliphatic carbocycles. The largest absolute Gasteiger partial charge is 0.321 e. The average molecular weight is 355 g/mol. The minimum absolute atomic E-state index is 0.194. The minimum Gasteiger partial charge on any atom is -0.321 e. The van der Waals surface area contributed by atoms with Crippen molar-refractivity contribution in [3.63, 3.8) is 0 Å². The highest BCUT2D eigenvalue weighted by Gasteiger charge is 2.18. The van der Waals surface area contributed by atoms with Gasteiger partial charge in [0.2, 0.25) is 0 Å². The van der Waals surface area contributed by atoms with Crippen molar-refractivity contribution in [2.75, 3.05) is 5.32 Å². The molecule has 0 fully saturated rings. The number of carbonyl (C=O) groups excluding carboxylic acids is 1. The summed E-state index contributed by atoms with van der Waals surface area (Å²) in [4.78, 5) is 25.4. The van der Waals surface area contributed by atoms with E-state index in [9.17, 15) is 4.79 Å². The first-order valence-electron chi connectivity index (χ1n) is 7.21. The summed E-state index contributed by atoms with van der Waals surface area (Å²) in [6.07, 6.45) is 5.19. The number of nitrogens with one attached hydrogen (secondary N) is 1. The molecule has 5 nitrogen and oxygen atoms in total. The highest BCUT2D eigenvalue weighted by Crippen LogP contribution is 2.31. The standard InChI is InChI=1S/C17H11ClN4OS/c18-15-14(24-17(22-15)11-2-1-5-19-8-11)16(23)21-13-4-3-10-7-20-9-12(10)6-13/h1-6,8-9H,7H2,(H,21,23). The molecule has 0 radical (unpaired) electrons. The van der Waals surface area contributed by atoms with Crippen molar-refractivity contribution in [2.24, 2.45) is 4.99 Å². The van der Waals surface area contributed by atoms with E-state index in [1.807, 2.05) is 36.5 Å². The van der Waals surface area contributed by atoms with Gasteiger partial charge in [-0.15, -0.1) is 11.3 Å². The van der Waals surface area contributed by atoms with E-state index in [1.54, 1.807) is 12.4 Å². The highest BCUT2D eigenvalue weighted by atomic mass is 35.5. The molecule has 1 N–H and O–H groups in total. The van der Waals surface area contributed by atoms with Crippen LogP contribution in [0.4, 0.5) is 5.69 Å². The number of benzene rings is 1. The number of fused-ring (bicyclic) bond motifs is 1. The Hall–Kier alpha value is -2.57. The summed E-state index contributed by atoms with van der Waals surface area (Å²) >= 11 is 7.39. The molecule has 2 aromatic heterocycles. The average Bonchev–Trinajstić information content (AvgIpc) is 3.21. The summed E-state index contributed by atoms with van der Waals surface area (Å²) in [6, 6.07) is 9.43. The smallest absolute Gasteiger partial charge is 0.268 e. The summed E-state index contributed by atoms with van der Waals surface area (Å²) in [5, 5.41) is 3.72. The second kappa shape index (κ2) is 6.14. The van der Waals surface area contributed by atoms with Gasteiger partial charge in [-0.25, -0.2) is 4.98 Å². The maximum atomic E-state index is 12.5. The molecule has 4 rings (SSSR count). The van der Waals surface area contributed by atoms with E-state index in [-0.39, 0.29) is 11.1 Å². The van der Waals surface area contributed by atoms with Gasteiger partial charge in [-0.05, 0) is 35.4 Å². The van der Waals surface area contributed by atoms with Crippen molar-refractivity contribution >= 4 is 40.7 Å². The molecule has 1 aliphatic heterocycles. The molecule has 1 amide bonds. The number of rotatable bonds is 3. The van der Waals surface area contributed by atoms with Crippen LogP contribution in [-0.4, -0.2) is 22.1 Å². The van der Waals surface area contributed by atoms with Gasteiger partial charge >= 0.3 is 0 Å². The van der Waals surface area contributed by atoms with Gasteiger partial charge in [-0.3, -0.25) is 14.8 Å². The fourth-order valence-corrected chi connectivity index (χ4v) is 3.60. The van der Waals surface area contributed by atoms with Crippen LogP contribution < -0.4 is 5.32 Å². The zero-order valence-electron chi connectivity index (χ0n) is 12.4. The van der Waals surface area contributed by atoms with Gasteiger partial charge in [-0.2, -0.15) is 0 Å². The summed E-state index contributed by atoms with van der Waals surface area (Å²) in [5.74, 6) is -0.275. The molecule has 118 valence electrons. The lowest BCUT2D eigenvalue weighted by Gasteiger charge is -2.05. The number of carbonyl (C=O) groups is 1. The van der Waals surface area contributed by atoms with E-state index in [1.165, 1.54) is 11.3 Å². The van der Waals surface area contributed by atoms with Crippen LogP contribution in [0, 0.1) is 0 Å². The fraction of sp³-hybridized carbons (Fsp3) is 0.0588. The topological polar surface area (TPSA) is 67.2 Å². The second-order valence-electron chi connectivity index (χ2n) is 5.22. The van der Waals surface area contributed by atoms with Gasteiger partial charge in [0.25, 0.3) is 5.91 Å². The van der Waals surface area contributed by atoms with Crippen molar-refractivity contribution in [3.05, 3.63) is 63.9 Å². The quantitative estimate of drug-likeness (QED) is 0.771. The molecule has 1 aromatic carbocycles. The van der Waals surface area contributed by atoms with E-state index >= 15 is 0 Å². The van der Waals surface area contributed by atoms with Crippen LogP contribution in [-0.2, 0) is 6.54 Å². The Bertz CT molecular complexity index is 952. The third-order valence-corrected chi connectivity index (χ3v) is 5.09. The number of amides is 1. The van der Waals surface area contributed by atoms with E-state index < -0.39 is 0 Å². The zero-order chi connectivity index (χ0) is 16.5. The van der Waals surface area contributed by atoms with Crippen molar-refractivity contribution in [1.29, 1.82) is 0 Å². The first-order chi connectivity index (χ1) is 11.7. The van der Waals surface area contributed by atoms with E-state index in [2.05, 4.69) is 20.3 Å². The first kappa shape index (κ1) is 15.0. The normalized spacial score (nSPS) is 12.2. The lowest BCUT2D eigenvalue weighted by atomic mass is 10.1. The predicted octanol–water partition coefficient (Wildman–Crippen LogP) is 4.04. The molecule has 1 aliphatic rings. The Morgan fingerprint density at radius 3 is 3.04 bits per heavy atom. The number of pyridine rings is 1. The number of hydrogen-bond acceptors (Lipinski definition) is 5. The molecule has 3 heterocycles. The van der Waals surface area contributed by atoms with Gasteiger partial charge in [-0.1, -0.05) is 17.7 Å². The maximum absolute atomic E-state index is 12.5. The Morgan fingerprint density at radius 1 is 1.29 bits per heavy atom.